The third-order valence-corrected chi connectivity index (χ3v) is 6.08. The molecule has 0 aliphatic rings. The number of aromatic nitrogens is 2. The van der Waals surface area contributed by atoms with Crippen LogP contribution in [0.4, 0.5) is 5.13 Å². The molecule has 2 aromatic carbocycles. The monoisotopic (exact) mass is 453 g/mol. The van der Waals surface area contributed by atoms with Crippen molar-refractivity contribution in [2.45, 2.75) is 13.5 Å². The highest BCUT2D eigenvalue weighted by atomic mass is 35.5. The molecular formula is C23H17Cl2N3OS. The number of benzene rings is 2. The molecule has 0 unspecified atom stereocenters. The minimum Gasteiger partial charge on any atom is -0.278 e. The second-order valence-electron chi connectivity index (χ2n) is 6.67. The smallest absolute Gasteiger partial charge is 0.253 e. The Hall–Kier alpha value is -2.73. The van der Waals surface area contributed by atoms with Gasteiger partial charge < -0.3 is 0 Å². The summed E-state index contributed by atoms with van der Waals surface area (Å²) in [6, 6.07) is 16.7. The summed E-state index contributed by atoms with van der Waals surface area (Å²) in [4.78, 5) is 23.9. The molecule has 2 heterocycles. The van der Waals surface area contributed by atoms with Gasteiger partial charge in [-0.3, -0.25) is 14.7 Å². The van der Waals surface area contributed by atoms with Crippen LogP contribution in [0.25, 0.3) is 16.3 Å². The molecule has 0 fully saturated rings. The predicted octanol–water partition coefficient (Wildman–Crippen LogP) is 6.55. The Labute approximate surface area is 188 Å². The average Bonchev–Trinajstić information content (AvgIpc) is 3.16. The molecule has 0 atom stereocenters. The van der Waals surface area contributed by atoms with Crippen molar-refractivity contribution < 1.29 is 4.79 Å². The zero-order chi connectivity index (χ0) is 21.1. The molecule has 0 spiro atoms. The molecule has 1 amide bonds. The lowest BCUT2D eigenvalue weighted by Gasteiger charge is -2.17. The number of rotatable bonds is 5. The molecule has 4 rings (SSSR count). The lowest BCUT2D eigenvalue weighted by Crippen LogP contribution is -2.29. The number of carbonyl (C=O) groups excluding carboxylic acids is 1. The van der Waals surface area contributed by atoms with Gasteiger partial charge in [0.15, 0.2) is 5.13 Å². The van der Waals surface area contributed by atoms with Crippen molar-refractivity contribution in [2.24, 2.45) is 0 Å². The van der Waals surface area contributed by atoms with Gasteiger partial charge in [0.1, 0.15) is 0 Å². The first-order chi connectivity index (χ1) is 14.5. The fourth-order valence-electron chi connectivity index (χ4n) is 3.01. The molecule has 2 aromatic heterocycles. The average molecular weight is 454 g/mol. The molecule has 4 aromatic rings. The van der Waals surface area contributed by atoms with Crippen LogP contribution in [0.5, 0.6) is 0 Å². The summed E-state index contributed by atoms with van der Waals surface area (Å²) < 4.78 is 0.934. The van der Waals surface area contributed by atoms with Crippen LogP contribution in [-0.4, -0.2) is 15.9 Å². The van der Waals surface area contributed by atoms with Crippen molar-refractivity contribution in [3.05, 3.63) is 93.7 Å². The van der Waals surface area contributed by atoms with Crippen molar-refractivity contribution in [2.75, 3.05) is 4.90 Å². The van der Waals surface area contributed by atoms with Gasteiger partial charge in [0.25, 0.3) is 5.91 Å². The van der Waals surface area contributed by atoms with Crippen LogP contribution in [0.2, 0.25) is 10.0 Å². The maximum Gasteiger partial charge on any atom is 0.253 e. The van der Waals surface area contributed by atoms with Crippen molar-refractivity contribution in [3.8, 4) is 0 Å². The van der Waals surface area contributed by atoms with Crippen LogP contribution >= 0.6 is 34.5 Å². The predicted molar refractivity (Wildman–Crippen MR) is 125 cm³/mol. The number of hydrogen-bond acceptors (Lipinski definition) is 4. The van der Waals surface area contributed by atoms with E-state index < -0.39 is 0 Å². The van der Waals surface area contributed by atoms with Crippen molar-refractivity contribution in [1.29, 1.82) is 0 Å². The zero-order valence-electron chi connectivity index (χ0n) is 16.0. The van der Waals surface area contributed by atoms with E-state index in [9.17, 15) is 4.79 Å². The summed E-state index contributed by atoms with van der Waals surface area (Å²) in [7, 11) is 0. The second kappa shape index (κ2) is 8.96. The molecular weight excluding hydrogens is 437 g/mol. The molecule has 0 aliphatic carbocycles. The van der Waals surface area contributed by atoms with Crippen LogP contribution in [0, 0.1) is 6.92 Å². The SMILES string of the molecule is Cc1cc(Cl)cc2sc(N(Cc3ccccn3)C(=O)/C=C/c3ccccc3Cl)nc12. The number of nitrogens with zero attached hydrogens (tertiary/aromatic N) is 3. The molecule has 0 radical (unpaired) electrons. The number of anilines is 1. The standard InChI is InChI=1S/C23H17Cl2N3OS/c1-15-12-17(24)13-20-22(15)27-23(30-20)28(14-18-7-4-5-11-26-18)21(29)10-9-16-6-2-3-8-19(16)25/h2-13H,14H2,1H3/b10-9+. The summed E-state index contributed by atoms with van der Waals surface area (Å²) in [5.41, 5.74) is 3.35. The highest BCUT2D eigenvalue weighted by molar-refractivity contribution is 7.22. The van der Waals surface area contributed by atoms with Gasteiger partial charge in [-0.15, -0.1) is 0 Å². The van der Waals surface area contributed by atoms with Gasteiger partial charge in [-0.25, -0.2) is 4.98 Å². The van der Waals surface area contributed by atoms with E-state index in [-0.39, 0.29) is 5.91 Å². The van der Waals surface area contributed by atoms with Gasteiger partial charge in [-0.2, -0.15) is 0 Å². The lowest BCUT2D eigenvalue weighted by atomic mass is 10.2. The Kier molecular flexibility index (Phi) is 6.13. The Morgan fingerprint density at radius 1 is 1.13 bits per heavy atom. The third kappa shape index (κ3) is 4.54. The first-order valence-corrected chi connectivity index (χ1v) is 10.8. The van der Waals surface area contributed by atoms with E-state index in [4.69, 9.17) is 28.2 Å². The van der Waals surface area contributed by atoms with E-state index >= 15 is 0 Å². The molecule has 30 heavy (non-hydrogen) atoms. The fourth-order valence-corrected chi connectivity index (χ4v) is 4.64. The quantitative estimate of drug-likeness (QED) is 0.321. The molecule has 0 aliphatic heterocycles. The van der Waals surface area contributed by atoms with E-state index in [2.05, 4.69) is 4.98 Å². The second-order valence-corrected chi connectivity index (χ2v) is 8.52. The maximum atomic E-state index is 13.2. The Bertz CT molecular complexity index is 1240. The fraction of sp³-hybridized carbons (Fsp3) is 0.0870. The van der Waals surface area contributed by atoms with E-state index in [0.717, 1.165) is 27.0 Å². The van der Waals surface area contributed by atoms with Gasteiger partial charge in [0.2, 0.25) is 0 Å². The molecule has 0 saturated heterocycles. The summed E-state index contributed by atoms with van der Waals surface area (Å²) in [6.45, 7) is 2.26. The number of fused-ring (bicyclic) bond motifs is 1. The van der Waals surface area contributed by atoms with Crippen LogP contribution in [-0.2, 0) is 11.3 Å². The molecule has 4 nitrogen and oxygen atoms in total. The lowest BCUT2D eigenvalue weighted by molar-refractivity contribution is -0.114. The maximum absolute atomic E-state index is 13.2. The van der Waals surface area contributed by atoms with Crippen LogP contribution in [0.15, 0.2) is 66.9 Å². The summed E-state index contributed by atoms with van der Waals surface area (Å²) in [5.74, 6) is -0.205. The highest BCUT2D eigenvalue weighted by Crippen LogP contribution is 2.33. The van der Waals surface area contributed by atoms with E-state index in [0.29, 0.717) is 21.7 Å². The minimum atomic E-state index is -0.205. The van der Waals surface area contributed by atoms with Crippen LogP contribution in [0.3, 0.4) is 0 Å². The van der Waals surface area contributed by atoms with E-state index in [1.54, 1.807) is 23.2 Å². The number of thiazole rings is 1. The highest BCUT2D eigenvalue weighted by Gasteiger charge is 2.20. The van der Waals surface area contributed by atoms with Gasteiger partial charge in [-0.1, -0.05) is 58.8 Å². The summed E-state index contributed by atoms with van der Waals surface area (Å²) in [6.07, 6.45) is 4.93. The van der Waals surface area contributed by atoms with Crippen LogP contribution in [0.1, 0.15) is 16.8 Å². The van der Waals surface area contributed by atoms with Gasteiger partial charge in [-0.05, 0) is 54.5 Å². The minimum absolute atomic E-state index is 0.205. The van der Waals surface area contributed by atoms with Gasteiger partial charge in [0.05, 0.1) is 22.5 Å². The first kappa shape index (κ1) is 20.5. The molecule has 0 bridgehead atoms. The van der Waals surface area contributed by atoms with Crippen molar-refractivity contribution in [3.63, 3.8) is 0 Å². The summed E-state index contributed by atoms with van der Waals surface area (Å²) in [5, 5.41) is 1.83. The normalized spacial score (nSPS) is 11.3. The molecule has 7 heteroatoms. The van der Waals surface area contributed by atoms with Gasteiger partial charge in [0, 0.05) is 22.3 Å². The zero-order valence-corrected chi connectivity index (χ0v) is 18.4. The number of carbonyl (C=O) groups is 1. The topological polar surface area (TPSA) is 46.1 Å². The van der Waals surface area contributed by atoms with E-state index in [1.807, 2.05) is 55.5 Å². The number of pyridine rings is 1. The Morgan fingerprint density at radius 3 is 2.70 bits per heavy atom. The molecule has 0 N–H and O–H groups in total. The van der Waals surface area contributed by atoms with Crippen molar-refractivity contribution in [1.82, 2.24) is 9.97 Å². The first-order valence-electron chi connectivity index (χ1n) is 9.22. The molecule has 0 saturated carbocycles. The third-order valence-electron chi connectivity index (χ3n) is 4.49. The Morgan fingerprint density at radius 2 is 1.93 bits per heavy atom. The van der Waals surface area contributed by atoms with E-state index in [1.165, 1.54) is 17.4 Å². The number of aryl methyl sites for hydroxylation is 1. The molecule has 150 valence electrons. The number of hydrogen-bond donors (Lipinski definition) is 0. The van der Waals surface area contributed by atoms with Crippen LogP contribution < -0.4 is 4.90 Å². The van der Waals surface area contributed by atoms with Gasteiger partial charge >= 0.3 is 0 Å². The summed E-state index contributed by atoms with van der Waals surface area (Å²) >= 11 is 13.8. The largest absolute Gasteiger partial charge is 0.278 e. The number of halogens is 2. The van der Waals surface area contributed by atoms with Crippen molar-refractivity contribution >= 4 is 61.9 Å². The number of amides is 1. The Balaban J connectivity index is 1.72.